The fraction of sp³-hybridized carbons (Fsp3) is 0.500. The van der Waals surface area contributed by atoms with Gasteiger partial charge in [0.15, 0.2) is 0 Å². The van der Waals surface area contributed by atoms with Gasteiger partial charge >= 0.3 is 0 Å². The number of hydrogen-bond acceptors (Lipinski definition) is 5. The largest absolute Gasteiger partial charge is 0.497 e. The first kappa shape index (κ1) is 24.5. The van der Waals surface area contributed by atoms with Gasteiger partial charge in [-0.3, -0.25) is 4.79 Å². The van der Waals surface area contributed by atoms with E-state index < -0.39 is 10.0 Å². The molecule has 0 unspecified atom stereocenters. The van der Waals surface area contributed by atoms with Crippen LogP contribution >= 0.6 is 0 Å². The van der Waals surface area contributed by atoms with Crippen molar-refractivity contribution in [1.29, 1.82) is 0 Å². The summed E-state index contributed by atoms with van der Waals surface area (Å²) < 4.78 is 38.5. The second-order valence-electron chi connectivity index (χ2n) is 9.02. The van der Waals surface area contributed by atoms with Crippen molar-refractivity contribution >= 4 is 15.9 Å². The summed E-state index contributed by atoms with van der Waals surface area (Å²) >= 11 is 0. The summed E-state index contributed by atoms with van der Waals surface area (Å²) in [7, 11) is -0.325. The molecule has 1 aliphatic carbocycles. The molecule has 2 aliphatic rings. The number of amides is 1. The van der Waals surface area contributed by atoms with E-state index in [4.69, 9.17) is 9.47 Å². The van der Waals surface area contributed by atoms with Gasteiger partial charge in [-0.05, 0) is 85.5 Å². The lowest BCUT2D eigenvalue weighted by Gasteiger charge is -2.27. The molecule has 0 bridgehead atoms. The topological polar surface area (TPSA) is 84.9 Å². The molecule has 1 heterocycles. The fourth-order valence-electron chi connectivity index (χ4n) is 4.95. The van der Waals surface area contributed by atoms with Crippen LogP contribution in [0.15, 0.2) is 41.3 Å². The lowest BCUT2D eigenvalue weighted by molar-refractivity contribution is -0.121. The number of fused-ring (bicyclic) bond motifs is 1. The number of sulfonamides is 1. The third kappa shape index (κ3) is 5.39. The zero-order valence-corrected chi connectivity index (χ0v) is 20.8. The Labute approximate surface area is 202 Å². The predicted octanol–water partition coefficient (Wildman–Crippen LogP) is 4.00. The fourth-order valence-corrected chi connectivity index (χ4v) is 6.52. The van der Waals surface area contributed by atoms with Crippen molar-refractivity contribution < 1.29 is 22.7 Å². The maximum Gasteiger partial charge on any atom is 0.243 e. The van der Waals surface area contributed by atoms with Gasteiger partial charge in [-0.2, -0.15) is 4.31 Å². The van der Waals surface area contributed by atoms with Gasteiger partial charge < -0.3 is 14.8 Å². The number of ether oxygens (including phenoxy) is 2. The number of carbonyl (C=O) groups is 1. The van der Waals surface area contributed by atoms with Gasteiger partial charge in [0.1, 0.15) is 11.5 Å². The molecule has 0 spiro atoms. The van der Waals surface area contributed by atoms with Crippen molar-refractivity contribution in [2.45, 2.75) is 62.3 Å². The van der Waals surface area contributed by atoms with Crippen molar-refractivity contribution in [3.63, 3.8) is 0 Å². The zero-order chi connectivity index (χ0) is 24.1. The van der Waals surface area contributed by atoms with Crippen molar-refractivity contribution in [3.05, 3.63) is 53.1 Å². The van der Waals surface area contributed by atoms with Gasteiger partial charge in [0, 0.05) is 19.5 Å². The Bertz CT molecular complexity index is 1130. The van der Waals surface area contributed by atoms with Gasteiger partial charge in [-0.25, -0.2) is 8.42 Å². The first-order valence-corrected chi connectivity index (χ1v) is 13.5. The van der Waals surface area contributed by atoms with E-state index in [2.05, 4.69) is 5.32 Å². The minimum absolute atomic E-state index is 0.0186. The molecule has 1 fully saturated rings. The number of rotatable bonds is 8. The maximum atomic E-state index is 13.1. The second kappa shape index (κ2) is 10.8. The summed E-state index contributed by atoms with van der Waals surface area (Å²) in [5.74, 6) is 1.37. The van der Waals surface area contributed by atoms with Crippen molar-refractivity contribution in [2.75, 3.05) is 27.3 Å². The molecule has 4 rings (SSSR count). The van der Waals surface area contributed by atoms with Crippen LogP contribution in [0.4, 0.5) is 0 Å². The van der Waals surface area contributed by atoms with Crippen LogP contribution < -0.4 is 14.8 Å². The van der Waals surface area contributed by atoms with Gasteiger partial charge in [0.05, 0.1) is 25.2 Å². The smallest absolute Gasteiger partial charge is 0.243 e. The summed E-state index contributed by atoms with van der Waals surface area (Å²) in [6.45, 7) is 1.11. The molecule has 1 amide bonds. The van der Waals surface area contributed by atoms with E-state index in [1.54, 1.807) is 36.7 Å². The monoisotopic (exact) mass is 486 g/mol. The molecule has 0 aromatic heterocycles. The second-order valence-corrected chi connectivity index (χ2v) is 11.0. The lowest BCUT2D eigenvalue weighted by atomic mass is 9.87. The highest BCUT2D eigenvalue weighted by molar-refractivity contribution is 7.89. The Morgan fingerprint density at radius 1 is 1.03 bits per heavy atom. The molecule has 184 valence electrons. The number of hydrogen-bond donors (Lipinski definition) is 1. The third-order valence-corrected chi connectivity index (χ3v) is 8.72. The van der Waals surface area contributed by atoms with Crippen LogP contribution in [-0.2, 0) is 27.7 Å². The molecular formula is C26H34N2O5S. The highest BCUT2D eigenvalue weighted by Crippen LogP contribution is 2.32. The molecular weight excluding hydrogens is 452 g/mol. The van der Waals surface area contributed by atoms with Crippen LogP contribution in [0.5, 0.6) is 11.5 Å². The van der Waals surface area contributed by atoms with Gasteiger partial charge in [0.2, 0.25) is 15.9 Å². The molecule has 2 aromatic rings. The van der Waals surface area contributed by atoms with E-state index in [0.717, 1.165) is 55.4 Å². The number of methoxy groups -OCH3 is 2. The summed E-state index contributed by atoms with van der Waals surface area (Å²) in [5.41, 5.74) is 3.09. The molecule has 0 radical (unpaired) electrons. The molecule has 1 atom stereocenters. The summed E-state index contributed by atoms with van der Waals surface area (Å²) in [5, 5.41) is 3.17. The Hall–Kier alpha value is -2.58. The van der Waals surface area contributed by atoms with Crippen LogP contribution in [0.3, 0.4) is 0 Å². The Morgan fingerprint density at radius 2 is 1.82 bits per heavy atom. The SMILES string of the molecule is COc1ccc2c(c1)CCC[C@@H]2NC(=O)CCc1cc(S(=O)(=O)N2CCCCC2)ccc1OC. The van der Waals surface area contributed by atoms with Crippen LogP contribution in [0.2, 0.25) is 0 Å². The highest BCUT2D eigenvalue weighted by atomic mass is 32.2. The number of nitrogens with one attached hydrogen (secondary N) is 1. The molecule has 7 nitrogen and oxygen atoms in total. The quantitative estimate of drug-likeness (QED) is 0.610. The van der Waals surface area contributed by atoms with E-state index in [-0.39, 0.29) is 23.3 Å². The lowest BCUT2D eigenvalue weighted by Crippen LogP contribution is -2.35. The van der Waals surface area contributed by atoms with E-state index in [9.17, 15) is 13.2 Å². The minimum atomic E-state index is -3.54. The summed E-state index contributed by atoms with van der Waals surface area (Å²) in [6, 6.07) is 11.0. The van der Waals surface area contributed by atoms with Crippen LogP contribution in [-0.4, -0.2) is 45.9 Å². The van der Waals surface area contributed by atoms with E-state index in [0.29, 0.717) is 25.3 Å². The minimum Gasteiger partial charge on any atom is -0.497 e. The molecule has 1 N–H and O–H groups in total. The first-order valence-electron chi connectivity index (χ1n) is 12.1. The Kier molecular flexibility index (Phi) is 7.78. The number of piperidine rings is 1. The van der Waals surface area contributed by atoms with Gasteiger partial charge in [0.25, 0.3) is 0 Å². The highest BCUT2D eigenvalue weighted by Gasteiger charge is 2.27. The molecule has 1 saturated heterocycles. The van der Waals surface area contributed by atoms with E-state index >= 15 is 0 Å². The third-order valence-electron chi connectivity index (χ3n) is 6.83. The number of benzene rings is 2. The normalized spacial score (nSPS) is 18.7. The Balaban J connectivity index is 1.44. The Morgan fingerprint density at radius 3 is 2.56 bits per heavy atom. The molecule has 34 heavy (non-hydrogen) atoms. The van der Waals surface area contributed by atoms with Crippen LogP contribution in [0.1, 0.15) is 61.3 Å². The summed E-state index contributed by atoms with van der Waals surface area (Å²) in [6.07, 6.45) is 6.39. The maximum absolute atomic E-state index is 13.1. The van der Waals surface area contributed by atoms with Crippen LogP contribution in [0.25, 0.3) is 0 Å². The summed E-state index contributed by atoms with van der Waals surface area (Å²) in [4.78, 5) is 13.1. The molecule has 2 aromatic carbocycles. The molecule has 0 saturated carbocycles. The molecule has 8 heteroatoms. The van der Waals surface area contributed by atoms with E-state index in [1.165, 1.54) is 5.56 Å². The van der Waals surface area contributed by atoms with Crippen molar-refractivity contribution in [2.24, 2.45) is 0 Å². The van der Waals surface area contributed by atoms with Crippen molar-refractivity contribution in [3.8, 4) is 11.5 Å². The number of aryl methyl sites for hydroxylation is 2. The van der Waals surface area contributed by atoms with Gasteiger partial charge in [-0.1, -0.05) is 12.5 Å². The number of nitrogens with zero attached hydrogens (tertiary/aromatic N) is 1. The first-order chi connectivity index (χ1) is 16.4. The van der Waals surface area contributed by atoms with Crippen molar-refractivity contribution in [1.82, 2.24) is 9.62 Å². The molecule has 1 aliphatic heterocycles. The predicted molar refractivity (Wildman–Crippen MR) is 131 cm³/mol. The zero-order valence-electron chi connectivity index (χ0n) is 20.0. The average molecular weight is 487 g/mol. The number of carbonyl (C=O) groups excluding carboxylic acids is 1. The average Bonchev–Trinajstić information content (AvgIpc) is 2.87. The van der Waals surface area contributed by atoms with Gasteiger partial charge in [-0.15, -0.1) is 0 Å². The van der Waals surface area contributed by atoms with E-state index in [1.807, 2.05) is 18.2 Å². The standard InChI is InChI=1S/C26H34N2O5S/c1-32-21-10-12-23-19(17-21)7-6-8-24(23)27-26(29)14-9-20-18-22(11-13-25(20)33-2)34(30,31)28-15-4-3-5-16-28/h10-13,17-18,24H,3-9,14-16H2,1-2H3,(H,27,29)/t24-/m0/s1. The van der Waals surface area contributed by atoms with Crippen LogP contribution in [0, 0.1) is 0 Å².